The second-order valence-electron chi connectivity index (χ2n) is 7.75. The van der Waals surface area contributed by atoms with E-state index in [4.69, 9.17) is 9.47 Å². The molecule has 0 saturated carbocycles. The van der Waals surface area contributed by atoms with E-state index in [1.165, 1.54) is 0 Å². The van der Waals surface area contributed by atoms with Crippen molar-refractivity contribution in [3.05, 3.63) is 89.7 Å². The van der Waals surface area contributed by atoms with Gasteiger partial charge in [-0.3, -0.25) is 9.78 Å². The van der Waals surface area contributed by atoms with Crippen LogP contribution >= 0.6 is 0 Å². The van der Waals surface area contributed by atoms with Gasteiger partial charge in [-0.15, -0.1) is 0 Å². The standard InChI is InChI=1S/C26H30N2O3/c1-20(2)26(29)28(16-14-23-11-7-8-15-27-23)18-22-12-13-24(25(17-22)30-3)31-19-21-9-5-4-6-10-21/h4-13,15,17,20H,14,16,18-19H2,1-3H3. The SMILES string of the molecule is COc1cc(CN(CCc2ccccn2)C(=O)C(C)C)ccc1OCc1ccccc1. The Morgan fingerprint density at radius 2 is 1.74 bits per heavy atom. The zero-order valence-corrected chi connectivity index (χ0v) is 18.5. The Labute approximate surface area is 184 Å². The molecule has 1 amide bonds. The Morgan fingerprint density at radius 1 is 0.968 bits per heavy atom. The van der Waals surface area contributed by atoms with Gasteiger partial charge in [0.05, 0.1) is 7.11 Å². The second kappa shape index (κ2) is 11.2. The maximum atomic E-state index is 12.8. The summed E-state index contributed by atoms with van der Waals surface area (Å²) in [6.45, 7) is 5.45. The fourth-order valence-corrected chi connectivity index (χ4v) is 3.31. The Balaban J connectivity index is 1.70. The van der Waals surface area contributed by atoms with Crippen LogP contribution in [0.3, 0.4) is 0 Å². The van der Waals surface area contributed by atoms with Crippen LogP contribution in [-0.4, -0.2) is 29.4 Å². The first-order chi connectivity index (χ1) is 15.1. The maximum Gasteiger partial charge on any atom is 0.225 e. The van der Waals surface area contributed by atoms with Gasteiger partial charge in [0.1, 0.15) is 6.61 Å². The number of rotatable bonds is 10. The predicted molar refractivity (Wildman–Crippen MR) is 122 cm³/mol. The molecule has 0 aliphatic rings. The Hall–Kier alpha value is -3.34. The van der Waals surface area contributed by atoms with Crippen LogP contribution < -0.4 is 9.47 Å². The summed E-state index contributed by atoms with van der Waals surface area (Å²) >= 11 is 0. The quantitative estimate of drug-likeness (QED) is 0.470. The van der Waals surface area contributed by atoms with Crippen molar-refractivity contribution in [1.82, 2.24) is 9.88 Å². The molecular formula is C26H30N2O3. The fourth-order valence-electron chi connectivity index (χ4n) is 3.31. The molecule has 1 aromatic heterocycles. The van der Waals surface area contributed by atoms with E-state index in [1.807, 2.05) is 85.5 Å². The highest BCUT2D eigenvalue weighted by Crippen LogP contribution is 2.29. The number of hydrogen-bond donors (Lipinski definition) is 0. The summed E-state index contributed by atoms with van der Waals surface area (Å²) in [6.07, 6.45) is 2.50. The van der Waals surface area contributed by atoms with Crippen LogP contribution in [0.2, 0.25) is 0 Å². The van der Waals surface area contributed by atoms with Crippen LogP contribution in [0, 0.1) is 5.92 Å². The average molecular weight is 419 g/mol. The van der Waals surface area contributed by atoms with Gasteiger partial charge in [0.15, 0.2) is 11.5 Å². The van der Waals surface area contributed by atoms with Crippen molar-refractivity contribution in [2.45, 2.75) is 33.4 Å². The molecule has 0 radical (unpaired) electrons. The van der Waals surface area contributed by atoms with Gasteiger partial charge in [-0.05, 0) is 35.4 Å². The van der Waals surface area contributed by atoms with Crippen molar-refractivity contribution >= 4 is 5.91 Å². The smallest absolute Gasteiger partial charge is 0.225 e. The number of nitrogens with zero attached hydrogens (tertiary/aromatic N) is 2. The molecule has 0 unspecified atom stereocenters. The molecule has 0 aliphatic heterocycles. The number of carbonyl (C=O) groups excluding carboxylic acids is 1. The van der Waals surface area contributed by atoms with Gasteiger partial charge in [0.2, 0.25) is 5.91 Å². The van der Waals surface area contributed by atoms with E-state index in [0.717, 1.165) is 16.8 Å². The molecule has 0 bridgehead atoms. The van der Waals surface area contributed by atoms with Crippen molar-refractivity contribution in [3.63, 3.8) is 0 Å². The molecule has 0 spiro atoms. The van der Waals surface area contributed by atoms with Crippen LogP contribution in [0.5, 0.6) is 11.5 Å². The van der Waals surface area contributed by atoms with E-state index in [1.54, 1.807) is 13.3 Å². The monoisotopic (exact) mass is 418 g/mol. The molecule has 0 fully saturated rings. The molecule has 0 N–H and O–H groups in total. The van der Waals surface area contributed by atoms with E-state index in [9.17, 15) is 4.79 Å². The van der Waals surface area contributed by atoms with E-state index >= 15 is 0 Å². The minimum Gasteiger partial charge on any atom is -0.493 e. The van der Waals surface area contributed by atoms with Gasteiger partial charge in [-0.2, -0.15) is 0 Å². The molecule has 3 aromatic rings. The van der Waals surface area contributed by atoms with Gasteiger partial charge in [-0.25, -0.2) is 0 Å². The van der Waals surface area contributed by atoms with E-state index < -0.39 is 0 Å². The molecule has 0 aliphatic carbocycles. The molecule has 162 valence electrons. The van der Waals surface area contributed by atoms with Crippen molar-refractivity contribution in [2.24, 2.45) is 5.92 Å². The third kappa shape index (κ3) is 6.57. The first kappa shape index (κ1) is 22.3. The van der Waals surface area contributed by atoms with Crippen molar-refractivity contribution < 1.29 is 14.3 Å². The summed E-state index contributed by atoms with van der Waals surface area (Å²) < 4.78 is 11.5. The van der Waals surface area contributed by atoms with E-state index in [0.29, 0.717) is 37.6 Å². The molecule has 0 atom stereocenters. The lowest BCUT2D eigenvalue weighted by Crippen LogP contribution is -2.35. The number of ether oxygens (including phenoxy) is 2. The van der Waals surface area contributed by atoms with Gasteiger partial charge in [0, 0.05) is 37.3 Å². The number of hydrogen-bond acceptors (Lipinski definition) is 4. The second-order valence-corrected chi connectivity index (χ2v) is 7.75. The van der Waals surface area contributed by atoms with Gasteiger partial charge >= 0.3 is 0 Å². The van der Waals surface area contributed by atoms with E-state index in [2.05, 4.69) is 4.98 Å². The average Bonchev–Trinajstić information content (AvgIpc) is 2.81. The topological polar surface area (TPSA) is 51.7 Å². The summed E-state index contributed by atoms with van der Waals surface area (Å²) in [7, 11) is 1.63. The number of amides is 1. The summed E-state index contributed by atoms with van der Waals surface area (Å²) in [6, 6.07) is 21.7. The molecule has 5 nitrogen and oxygen atoms in total. The Morgan fingerprint density at radius 3 is 2.42 bits per heavy atom. The summed E-state index contributed by atoms with van der Waals surface area (Å²) in [5, 5.41) is 0. The summed E-state index contributed by atoms with van der Waals surface area (Å²) in [4.78, 5) is 19.1. The van der Waals surface area contributed by atoms with Crippen molar-refractivity contribution in [2.75, 3.05) is 13.7 Å². The number of aromatic nitrogens is 1. The first-order valence-corrected chi connectivity index (χ1v) is 10.6. The third-order valence-corrected chi connectivity index (χ3v) is 5.01. The predicted octanol–water partition coefficient (Wildman–Crippen LogP) is 4.90. The van der Waals surface area contributed by atoms with Crippen molar-refractivity contribution in [3.8, 4) is 11.5 Å². The zero-order chi connectivity index (χ0) is 22.1. The summed E-state index contributed by atoms with van der Waals surface area (Å²) in [5.41, 5.74) is 3.07. The number of carbonyl (C=O) groups is 1. The summed E-state index contributed by atoms with van der Waals surface area (Å²) in [5.74, 6) is 1.40. The number of benzene rings is 2. The molecular weight excluding hydrogens is 388 g/mol. The van der Waals surface area contributed by atoms with Crippen LogP contribution in [-0.2, 0) is 24.4 Å². The minimum atomic E-state index is -0.0703. The van der Waals surface area contributed by atoms with Crippen LogP contribution in [0.15, 0.2) is 72.9 Å². The highest BCUT2D eigenvalue weighted by atomic mass is 16.5. The van der Waals surface area contributed by atoms with E-state index in [-0.39, 0.29) is 11.8 Å². The molecule has 1 heterocycles. The maximum absolute atomic E-state index is 12.8. The molecule has 0 saturated heterocycles. The molecule has 5 heteroatoms. The Bertz CT molecular complexity index is 959. The van der Waals surface area contributed by atoms with Crippen LogP contribution in [0.4, 0.5) is 0 Å². The Kier molecular flexibility index (Phi) is 8.05. The molecule has 31 heavy (non-hydrogen) atoms. The van der Waals surface area contributed by atoms with Crippen LogP contribution in [0.1, 0.15) is 30.7 Å². The minimum absolute atomic E-state index is 0.0703. The third-order valence-electron chi connectivity index (χ3n) is 5.01. The highest BCUT2D eigenvalue weighted by molar-refractivity contribution is 5.78. The van der Waals surface area contributed by atoms with Gasteiger partial charge in [0.25, 0.3) is 0 Å². The largest absolute Gasteiger partial charge is 0.493 e. The molecule has 3 rings (SSSR count). The lowest BCUT2D eigenvalue weighted by molar-refractivity contribution is -0.135. The normalized spacial score (nSPS) is 10.7. The lowest BCUT2D eigenvalue weighted by atomic mass is 10.1. The van der Waals surface area contributed by atoms with Crippen LogP contribution in [0.25, 0.3) is 0 Å². The molecule has 2 aromatic carbocycles. The van der Waals surface area contributed by atoms with Crippen molar-refractivity contribution in [1.29, 1.82) is 0 Å². The lowest BCUT2D eigenvalue weighted by Gasteiger charge is -2.25. The number of methoxy groups -OCH3 is 1. The zero-order valence-electron chi connectivity index (χ0n) is 18.5. The fraction of sp³-hybridized carbons (Fsp3) is 0.308. The number of pyridine rings is 1. The first-order valence-electron chi connectivity index (χ1n) is 10.6. The highest BCUT2D eigenvalue weighted by Gasteiger charge is 2.18. The van der Waals surface area contributed by atoms with Gasteiger partial charge < -0.3 is 14.4 Å². The van der Waals surface area contributed by atoms with Gasteiger partial charge in [-0.1, -0.05) is 56.3 Å².